The van der Waals surface area contributed by atoms with Crippen LogP contribution in [0.2, 0.25) is 0 Å². The van der Waals surface area contributed by atoms with Crippen molar-refractivity contribution >= 4 is 17.5 Å². The van der Waals surface area contributed by atoms with E-state index in [1.54, 1.807) is 4.90 Å². The summed E-state index contributed by atoms with van der Waals surface area (Å²) in [6.45, 7) is 3.56. The Labute approximate surface area is 138 Å². The fourth-order valence-corrected chi connectivity index (χ4v) is 3.85. The van der Waals surface area contributed by atoms with Crippen molar-refractivity contribution in [3.8, 4) is 0 Å². The second kappa shape index (κ2) is 7.16. The highest BCUT2D eigenvalue weighted by molar-refractivity contribution is 5.99. The van der Waals surface area contributed by atoms with Crippen LogP contribution in [0.15, 0.2) is 24.3 Å². The van der Waals surface area contributed by atoms with Gasteiger partial charge in [-0.3, -0.25) is 9.59 Å². The lowest BCUT2D eigenvalue weighted by Crippen LogP contribution is -2.41. The average molecular weight is 314 g/mol. The number of carbonyl (C=O) groups is 2. The molecule has 3 rings (SSSR count). The number of carbonyl (C=O) groups excluding carboxylic acids is 2. The Morgan fingerprint density at radius 3 is 2.65 bits per heavy atom. The van der Waals surface area contributed by atoms with E-state index in [1.165, 1.54) is 19.3 Å². The van der Waals surface area contributed by atoms with E-state index in [2.05, 4.69) is 6.92 Å². The molecule has 0 N–H and O–H groups in total. The van der Waals surface area contributed by atoms with Crippen molar-refractivity contribution in [3.05, 3.63) is 29.8 Å². The molecule has 1 aromatic carbocycles. The molecule has 1 saturated carbocycles. The molecule has 1 heterocycles. The summed E-state index contributed by atoms with van der Waals surface area (Å²) in [5.41, 5.74) is 1.56. The van der Waals surface area contributed by atoms with Gasteiger partial charge in [0, 0.05) is 36.8 Å². The lowest BCUT2D eigenvalue weighted by atomic mass is 9.93. The van der Waals surface area contributed by atoms with Gasteiger partial charge < -0.3 is 9.80 Å². The van der Waals surface area contributed by atoms with Crippen LogP contribution >= 0.6 is 0 Å². The van der Waals surface area contributed by atoms with Crippen LogP contribution in [0.3, 0.4) is 0 Å². The van der Waals surface area contributed by atoms with Crippen molar-refractivity contribution in [2.45, 2.75) is 57.9 Å². The first-order valence-corrected chi connectivity index (χ1v) is 8.92. The molecule has 2 amide bonds. The number of rotatable bonds is 4. The smallest absolute Gasteiger partial charge is 0.254 e. The van der Waals surface area contributed by atoms with Gasteiger partial charge in [0.25, 0.3) is 5.91 Å². The molecule has 1 aliphatic heterocycles. The summed E-state index contributed by atoms with van der Waals surface area (Å²) in [6, 6.07) is 7.95. The molecule has 23 heavy (non-hydrogen) atoms. The minimum atomic E-state index is 0.105. The first-order chi connectivity index (χ1) is 11.2. The fraction of sp³-hybridized carbons (Fsp3) is 0.579. The molecule has 0 atom stereocenters. The lowest BCUT2D eigenvalue weighted by Gasteiger charge is -2.33. The monoisotopic (exact) mass is 314 g/mol. The van der Waals surface area contributed by atoms with Crippen LogP contribution in [-0.4, -0.2) is 35.8 Å². The van der Waals surface area contributed by atoms with Gasteiger partial charge in [-0.1, -0.05) is 25.3 Å². The Balaban J connectivity index is 1.79. The van der Waals surface area contributed by atoms with Crippen molar-refractivity contribution in [1.29, 1.82) is 0 Å². The summed E-state index contributed by atoms with van der Waals surface area (Å²) >= 11 is 0. The molecule has 1 aromatic rings. The Morgan fingerprint density at radius 2 is 2.00 bits per heavy atom. The third kappa shape index (κ3) is 3.41. The molecule has 0 spiro atoms. The predicted octanol–water partition coefficient (Wildman–Crippen LogP) is 3.61. The molecule has 0 bridgehead atoms. The maximum atomic E-state index is 12.9. The second-order valence-corrected chi connectivity index (χ2v) is 6.58. The zero-order valence-corrected chi connectivity index (χ0v) is 14.0. The van der Waals surface area contributed by atoms with Crippen LogP contribution in [0.4, 0.5) is 5.69 Å². The van der Waals surface area contributed by atoms with Crippen molar-refractivity contribution in [1.82, 2.24) is 4.90 Å². The molecular weight excluding hydrogens is 288 g/mol. The van der Waals surface area contributed by atoms with Gasteiger partial charge in [0.1, 0.15) is 0 Å². The minimum absolute atomic E-state index is 0.105. The highest BCUT2D eigenvalue weighted by Gasteiger charge is 2.26. The number of amides is 2. The summed E-state index contributed by atoms with van der Waals surface area (Å²) in [7, 11) is 0. The predicted molar refractivity (Wildman–Crippen MR) is 91.6 cm³/mol. The Kier molecular flexibility index (Phi) is 4.99. The van der Waals surface area contributed by atoms with E-state index in [9.17, 15) is 9.59 Å². The van der Waals surface area contributed by atoms with Gasteiger partial charge in [-0.2, -0.15) is 0 Å². The second-order valence-electron chi connectivity index (χ2n) is 6.58. The summed E-state index contributed by atoms with van der Waals surface area (Å²) in [5.74, 6) is 0.266. The molecule has 2 fully saturated rings. The average Bonchev–Trinajstić information content (AvgIpc) is 3.02. The molecule has 4 heteroatoms. The summed E-state index contributed by atoms with van der Waals surface area (Å²) in [4.78, 5) is 28.7. The Morgan fingerprint density at radius 1 is 1.22 bits per heavy atom. The molecule has 4 nitrogen and oxygen atoms in total. The van der Waals surface area contributed by atoms with Crippen LogP contribution in [0, 0.1) is 0 Å². The van der Waals surface area contributed by atoms with Gasteiger partial charge in [-0.15, -0.1) is 0 Å². The third-order valence-corrected chi connectivity index (χ3v) is 5.10. The van der Waals surface area contributed by atoms with Crippen molar-refractivity contribution in [3.63, 3.8) is 0 Å². The van der Waals surface area contributed by atoms with E-state index in [4.69, 9.17) is 0 Å². The first-order valence-electron chi connectivity index (χ1n) is 8.92. The molecule has 1 aliphatic carbocycles. The topological polar surface area (TPSA) is 40.6 Å². The molecule has 1 saturated heterocycles. The molecule has 124 valence electrons. The van der Waals surface area contributed by atoms with Crippen LogP contribution in [0.25, 0.3) is 0 Å². The third-order valence-electron chi connectivity index (χ3n) is 5.10. The highest BCUT2D eigenvalue weighted by Crippen LogP contribution is 2.26. The van der Waals surface area contributed by atoms with E-state index < -0.39 is 0 Å². The maximum absolute atomic E-state index is 12.9. The summed E-state index contributed by atoms with van der Waals surface area (Å²) in [5, 5.41) is 0. The Hall–Kier alpha value is -1.84. The Bertz CT molecular complexity index is 578. The van der Waals surface area contributed by atoms with Crippen molar-refractivity contribution in [2.24, 2.45) is 0 Å². The quantitative estimate of drug-likeness (QED) is 0.852. The van der Waals surface area contributed by atoms with Gasteiger partial charge in [-0.25, -0.2) is 0 Å². The van der Waals surface area contributed by atoms with E-state index in [0.717, 1.165) is 38.0 Å². The van der Waals surface area contributed by atoms with Crippen molar-refractivity contribution in [2.75, 3.05) is 18.0 Å². The van der Waals surface area contributed by atoms with E-state index >= 15 is 0 Å². The van der Waals surface area contributed by atoms with Crippen LogP contribution < -0.4 is 4.90 Å². The van der Waals surface area contributed by atoms with Gasteiger partial charge in [0.05, 0.1) is 0 Å². The van der Waals surface area contributed by atoms with E-state index in [-0.39, 0.29) is 11.8 Å². The fourth-order valence-electron chi connectivity index (χ4n) is 3.85. The molecule has 0 unspecified atom stereocenters. The number of anilines is 1. The minimum Gasteiger partial charge on any atom is -0.336 e. The summed E-state index contributed by atoms with van der Waals surface area (Å²) in [6.07, 6.45) is 7.47. The number of nitrogens with zero attached hydrogens (tertiary/aromatic N) is 2. The van der Waals surface area contributed by atoms with E-state index in [1.807, 2.05) is 29.2 Å². The standard InChI is InChI=1S/C19H26N2O2/c1-2-20(16-9-4-3-5-10-16)19(23)15-8-6-11-17(14-15)21-13-7-12-18(21)22/h6,8,11,14,16H,2-5,7,9-10,12-13H2,1H3. The number of hydrogen-bond acceptors (Lipinski definition) is 2. The summed E-state index contributed by atoms with van der Waals surface area (Å²) < 4.78 is 0. The normalized spacial score (nSPS) is 19.2. The molecule has 0 aromatic heterocycles. The van der Waals surface area contributed by atoms with Gasteiger partial charge in [-0.05, 0) is 44.4 Å². The largest absolute Gasteiger partial charge is 0.336 e. The highest BCUT2D eigenvalue weighted by atomic mass is 16.2. The molecule has 0 radical (unpaired) electrons. The lowest BCUT2D eigenvalue weighted by molar-refractivity contribution is -0.117. The molecule has 2 aliphatic rings. The number of benzene rings is 1. The zero-order chi connectivity index (χ0) is 16.2. The zero-order valence-electron chi connectivity index (χ0n) is 14.0. The van der Waals surface area contributed by atoms with Gasteiger partial charge in [0.2, 0.25) is 5.91 Å². The van der Waals surface area contributed by atoms with Crippen LogP contribution in [0.5, 0.6) is 0 Å². The van der Waals surface area contributed by atoms with E-state index in [0.29, 0.717) is 18.0 Å². The maximum Gasteiger partial charge on any atom is 0.254 e. The SMILES string of the molecule is CCN(C(=O)c1cccc(N2CCCC2=O)c1)C1CCCCC1. The first kappa shape index (κ1) is 16.0. The molecular formula is C19H26N2O2. The van der Waals surface area contributed by atoms with Gasteiger partial charge >= 0.3 is 0 Å². The van der Waals surface area contributed by atoms with Crippen LogP contribution in [0.1, 0.15) is 62.2 Å². The van der Waals surface area contributed by atoms with Gasteiger partial charge in [0.15, 0.2) is 0 Å². The van der Waals surface area contributed by atoms with Crippen LogP contribution in [-0.2, 0) is 4.79 Å². The van der Waals surface area contributed by atoms with Crippen molar-refractivity contribution < 1.29 is 9.59 Å². The number of hydrogen-bond donors (Lipinski definition) is 0.